The first-order valence-corrected chi connectivity index (χ1v) is 9.52. The lowest BCUT2D eigenvalue weighted by Gasteiger charge is -2.13. The Kier molecular flexibility index (Phi) is 6.24. The molecular weight excluding hydrogens is 358 g/mol. The molecule has 1 atom stereocenters. The van der Waals surface area contributed by atoms with Crippen molar-refractivity contribution in [2.24, 2.45) is 0 Å². The van der Waals surface area contributed by atoms with E-state index in [1.807, 2.05) is 24.3 Å². The predicted molar refractivity (Wildman–Crippen MR) is 102 cm³/mol. The van der Waals surface area contributed by atoms with Crippen molar-refractivity contribution in [1.29, 1.82) is 0 Å². The lowest BCUT2D eigenvalue weighted by atomic mass is 10.2. The fourth-order valence-corrected chi connectivity index (χ4v) is 4.06. The number of amides is 1. The summed E-state index contributed by atoms with van der Waals surface area (Å²) in [7, 11) is 1.56. The molecule has 2 aromatic rings. The number of nitrogens with one attached hydrogen (secondary N) is 1. The molecule has 0 unspecified atom stereocenters. The number of halogens is 1. The number of carbonyl (C=O) groups is 1. The van der Waals surface area contributed by atoms with Crippen LogP contribution in [0.5, 0.6) is 5.75 Å². The minimum absolute atomic E-state index is 0.156. The van der Waals surface area contributed by atoms with Gasteiger partial charge < -0.3 is 14.8 Å². The molecule has 6 heteroatoms. The predicted octanol–water partition coefficient (Wildman–Crippen LogP) is 4.87. The van der Waals surface area contributed by atoms with Crippen LogP contribution in [-0.4, -0.2) is 31.5 Å². The van der Waals surface area contributed by atoms with Gasteiger partial charge in [0.15, 0.2) is 0 Å². The molecular formula is C19H20ClNO3S. The molecule has 0 aliphatic carbocycles. The Morgan fingerprint density at radius 3 is 2.92 bits per heavy atom. The summed E-state index contributed by atoms with van der Waals surface area (Å²) < 4.78 is 10.8. The Hall–Kier alpha value is -1.69. The minimum atomic E-state index is -0.156. The summed E-state index contributed by atoms with van der Waals surface area (Å²) in [5.74, 6) is 1.28. The van der Waals surface area contributed by atoms with Crippen LogP contribution in [0.25, 0.3) is 0 Å². The highest BCUT2D eigenvalue weighted by atomic mass is 35.5. The minimum Gasteiger partial charge on any atom is -0.495 e. The van der Waals surface area contributed by atoms with Crippen LogP contribution in [0, 0.1) is 0 Å². The Bertz CT molecular complexity index is 747. The molecule has 3 rings (SSSR count). The Labute approximate surface area is 156 Å². The van der Waals surface area contributed by atoms with Gasteiger partial charge in [0.05, 0.1) is 23.8 Å². The van der Waals surface area contributed by atoms with Gasteiger partial charge in [-0.25, -0.2) is 0 Å². The van der Waals surface area contributed by atoms with Gasteiger partial charge in [0, 0.05) is 22.9 Å². The van der Waals surface area contributed by atoms with E-state index in [-0.39, 0.29) is 12.0 Å². The Morgan fingerprint density at radius 2 is 2.20 bits per heavy atom. The van der Waals surface area contributed by atoms with Gasteiger partial charge in [-0.1, -0.05) is 23.7 Å². The Balaban J connectivity index is 1.70. The number of benzene rings is 2. The zero-order valence-corrected chi connectivity index (χ0v) is 15.5. The van der Waals surface area contributed by atoms with Gasteiger partial charge >= 0.3 is 0 Å². The molecule has 0 aromatic heterocycles. The number of hydrogen-bond acceptors (Lipinski definition) is 4. The molecule has 1 N–H and O–H groups in total. The van der Waals surface area contributed by atoms with Crippen molar-refractivity contribution < 1.29 is 14.3 Å². The standard InChI is InChI=1S/C19H20ClNO3S/c1-23-17-9-8-13(11-16(17)20)21-19(22)15-6-2-3-7-18(15)25-12-14-5-4-10-24-14/h2-3,6-9,11,14H,4-5,10,12H2,1H3,(H,21,22)/t14-/m1/s1. The van der Waals surface area contributed by atoms with Crippen LogP contribution in [0.4, 0.5) is 5.69 Å². The van der Waals surface area contributed by atoms with Crippen LogP contribution < -0.4 is 10.1 Å². The van der Waals surface area contributed by atoms with Gasteiger partial charge in [-0.2, -0.15) is 0 Å². The summed E-state index contributed by atoms with van der Waals surface area (Å²) in [5, 5.41) is 3.35. The highest BCUT2D eigenvalue weighted by Crippen LogP contribution is 2.29. The fraction of sp³-hybridized carbons (Fsp3) is 0.316. The Morgan fingerprint density at radius 1 is 1.36 bits per heavy atom. The van der Waals surface area contributed by atoms with Gasteiger partial charge in [-0.15, -0.1) is 11.8 Å². The summed E-state index contributed by atoms with van der Waals surface area (Å²) in [6.07, 6.45) is 2.48. The second-order valence-electron chi connectivity index (χ2n) is 5.75. The van der Waals surface area contributed by atoms with Gasteiger partial charge in [0.2, 0.25) is 0 Å². The van der Waals surface area contributed by atoms with Crippen LogP contribution in [-0.2, 0) is 4.74 Å². The maximum absolute atomic E-state index is 12.7. The lowest BCUT2D eigenvalue weighted by molar-refractivity contribution is 0.102. The van der Waals surface area contributed by atoms with Crippen molar-refractivity contribution in [3.63, 3.8) is 0 Å². The fourth-order valence-electron chi connectivity index (χ4n) is 2.68. The first-order chi connectivity index (χ1) is 12.2. The van der Waals surface area contributed by atoms with Crippen molar-refractivity contribution in [3.05, 3.63) is 53.1 Å². The van der Waals surface area contributed by atoms with E-state index in [0.29, 0.717) is 22.0 Å². The monoisotopic (exact) mass is 377 g/mol. The van der Waals surface area contributed by atoms with Gasteiger partial charge in [-0.3, -0.25) is 4.79 Å². The molecule has 25 heavy (non-hydrogen) atoms. The van der Waals surface area contributed by atoms with Gasteiger partial charge in [-0.05, 0) is 43.2 Å². The third-order valence-electron chi connectivity index (χ3n) is 3.99. The number of carbonyl (C=O) groups excluding carboxylic acids is 1. The molecule has 4 nitrogen and oxygen atoms in total. The number of anilines is 1. The molecule has 1 amide bonds. The van der Waals surface area contributed by atoms with Crippen LogP contribution in [0.3, 0.4) is 0 Å². The van der Waals surface area contributed by atoms with E-state index in [4.69, 9.17) is 21.1 Å². The zero-order valence-electron chi connectivity index (χ0n) is 14.0. The van der Waals surface area contributed by atoms with Crippen LogP contribution in [0.15, 0.2) is 47.4 Å². The van der Waals surface area contributed by atoms with E-state index in [2.05, 4.69) is 5.32 Å². The summed E-state index contributed by atoms with van der Waals surface area (Å²) in [5.41, 5.74) is 1.28. The molecule has 0 radical (unpaired) electrons. The van der Waals surface area contributed by atoms with Gasteiger partial charge in [0.1, 0.15) is 5.75 Å². The summed E-state index contributed by atoms with van der Waals surface area (Å²) >= 11 is 7.78. The molecule has 2 aromatic carbocycles. The van der Waals surface area contributed by atoms with Crippen molar-refractivity contribution in [3.8, 4) is 5.75 Å². The quantitative estimate of drug-likeness (QED) is 0.729. The highest BCUT2D eigenvalue weighted by molar-refractivity contribution is 7.99. The van der Waals surface area contributed by atoms with Crippen molar-refractivity contribution >= 4 is 35.0 Å². The number of rotatable bonds is 6. The first kappa shape index (κ1) is 18.1. The number of methoxy groups -OCH3 is 1. The SMILES string of the molecule is COc1ccc(NC(=O)c2ccccc2SC[C@H]2CCCO2)cc1Cl. The largest absolute Gasteiger partial charge is 0.495 e. The third kappa shape index (κ3) is 4.69. The molecule has 1 saturated heterocycles. The molecule has 1 aliphatic heterocycles. The zero-order chi connectivity index (χ0) is 17.6. The van der Waals surface area contributed by atoms with E-state index in [0.717, 1.165) is 30.1 Å². The van der Waals surface area contributed by atoms with E-state index < -0.39 is 0 Å². The van der Waals surface area contributed by atoms with Crippen molar-refractivity contribution in [2.45, 2.75) is 23.8 Å². The topological polar surface area (TPSA) is 47.6 Å². The molecule has 1 fully saturated rings. The third-order valence-corrected chi connectivity index (χ3v) is 5.49. The van der Waals surface area contributed by atoms with Gasteiger partial charge in [0.25, 0.3) is 5.91 Å². The summed E-state index contributed by atoms with van der Waals surface area (Å²) in [6.45, 7) is 0.839. The van der Waals surface area contributed by atoms with Crippen LogP contribution >= 0.6 is 23.4 Å². The first-order valence-electron chi connectivity index (χ1n) is 8.15. The second kappa shape index (κ2) is 8.61. The smallest absolute Gasteiger partial charge is 0.256 e. The maximum Gasteiger partial charge on any atom is 0.256 e. The summed E-state index contributed by atoms with van der Waals surface area (Å²) in [4.78, 5) is 13.6. The highest BCUT2D eigenvalue weighted by Gasteiger charge is 2.18. The molecule has 0 bridgehead atoms. The van der Waals surface area contributed by atoms with Crippen LogP contribution in [0.1, 0.15) is 23.2 Å². The molecule has 0 spiro atoms. The molecule has 132 valence electrons. The van der Waals surface area contributed by atoms with E-state index in [9.17, 15) is 4.79 Å². The van der Waals surface area contributed by atoms with E-state index in [1.54, 1.807) is 37.1 Å². The van der Waals surface area contributed by atoms with E-state index in [1.165, 1.54) is 0 Å². The number of ether oxygens (including phenoxy) is 2. The summed E-state index contributed by atoms with van der Waals surface area (Å²) in [6, 6.07) is 12.8. The second-order valence-corrected chi connectivity index (χ2v) is 7.21. The normalized spacial score (nSPS) is 16.6. The van der Waals surface area contributed by atoms with Crippen molar-refractivity contribution in [1.82, 2.24) is 0 Å². The van der Waals surface area contributed by atoms with Crippen molar-refractivity contribution in [2.75, 3.05) is 24.8 Å². The molecule has 1 heterocycles. The number of thioether (sulfide) groups is 1. The van der Waals surface area contributed by atoms with Crippen LogP contribution in [0.2, 0.25) is 5.02 Å². The average Bonchev–Trinajstić information content (AvgIpc) is 3.14. The average molecular weight is 378 g/mol. The molecule has 0 saturated carbocycles. The van der Waals surface area contributed by atoms with E-state index >= 15 is 0 Å². The lowest BCUT2D eigenvalue weighted by Crippen LogP contribution is -2.14. The maximum atomic E-state index is 12.7. The molecule has 1 aliphatic rings. The number of hydrogen-bond donors (Lipinski definition) is 1.